The lowest BCUT2D eigenvalue weighted by atomic mass is 9.85. The van der Waals surface area contributed by atoms with E-state index in [1.807, 2.05) is 20.8 Å². The van der Waals surface area contributed by atoms with E-state index < -0.39 is 68.1 Å². The van der Waals surface area contributed by atoms with Gasteiger partial charge in [-0.15, -0.1) is 6.58 Å². The fourth-order valence-corrected chi connectivity index (χ4v) is 8.17. The third kappa shape index (κ3) is 7.38. The van der Waals surface area contributed by atoms with Crippen LogP contribution in [0, 0.1) is 22.7 Å². The molecule has 0 bridgehead atoms. The zero-order valence-electron chi connectivity index (χ0n) is 29.3. The Morgan fingerprint density at radius 3 is 2.56 bits per heavy atom. The van der Waals surface area contributed by atoms with Crippen molar-refractivity contribution >= 4 is 55.8 Å². The van der Waals surface area contributed by atoms with E-state index in [9.17, 15) is 28.1 Å². The maximum atomic E-state index is 14.6. The molecular formula is C37H41ClN6O7S. The summed E-state index contributed by atoms with van der Waals surface area (Å²) in [6, 6.07) is 12.1. The summed E-state index contributed by atoms with van der Waals surface area (Å²) in [6.07, 6.45) is 3.41. The van der Waals surface area contributed by atoms with Crippen LogP contribution in [0.5, 0.6) is 11.6 Å². The number of ether oxygens (including phenoxy) is 2. The van der Waals surface area contributed by atoms with Gasteiger partial charge in [0.25, 0.3) is 5.91 Å². The zero-order valence-corrected chi connectivity index (χ0v) is 30.9. The number of hydrogen-bond donors (Lipinski definition) is 3. The molecule has 5 atom stereocenters. The second-order valence-corrected chi connectivity index (χ2v) is 17.0. The van der Waals surface area contributed by atoms with Gasteiger partial charge in [-0.3, -0.25) is 19.1 Å². The van der Waals surface area contributed by atoms with Gasteiger partial charge in [-0.05, 0) is 61.1 Å². The summed E-state index contributed by atoms with van der Waals surface area (Å²) in [5.74, 6) is -1.67. The number of carbonyl (C=O) groups is 3. The van der Waals surface area contributed by atoms with Gasteiger partial charge in [-0.25, -0.2) is 13.4 Å². The minimum atomic E-state index is -3.90. The van der Waals surface area contributed by atoms with Crippen LogP contribution in [0.25, 0.3) is 10.8 Å². The first kappa shape index (κ1) is 36.9. The van der Waals surface area contributed by atoms with Crippen molar-refractivity contribution < 1.29 is 32.3 Å². The maximum Gasteiger partial charge on any atom is 0.259 e. The number of likely N-dealkylation sites (tertiary alicyclic amines) is 1. The Kier molecular flexibility index (Phi) is 9.89. The number of nitriles is 1. The molecule has 3 N–H and O–H groups in total. The molecule has 15 heteroatoms. The molecular weight excluding hydrogens is 708 g/mol. The maximum absolute atomic E-state index is 14.6. The molecule has 2 aliphatic carbocycles. The number of rotatable bonds is 12. The van der Waals surface area contributed by atoms with Crippen molar-refractivity contribution in [3.05, 3.63) is 71.9 Å². The number of anilines is 1. The molecule has 2 heterocycles. The molecule has 274 valence electrons. The molecule has 1 aliphatic heterocycles. The highest BCUT2D eigenvalue weighted by Gasteiger charge is 2.62. The van der Waals surface area contributed by atoms with E-state index in [1.54, 1.807) is 42.5 Å². The molecule has 1 aromatic heterocycles. The number of halogens is 1. The summed E-state index contributed by atoms with van der Waals surface area (Å²) in [6.45, 7) is 9.40. The van der Waals surface area contributed by atoms with E-state index in [4.69, 9.17) is 21.1 Å². The third-order valence-corrected chi connectivity index (χ3v) is 11.8. The summed E-state index contributed by atoms with van der Waals surface area (Å²) in [5, 5.41) is 16.6. The summed E-state index contributed by atoms with van der Waals surface area (Å²) < 4.78 is 39.5. The number of pyridine rings is 1. The normalized spacial score (nSPS) is 23.2. The molecule has 0 radical (unpaired) electrons. The van der Waals surface area contributed by atoms with Crippen molar-refractivity contribution in [2.24, 2.45) is 11.3 Å². The minimum Gasteiger partial charge on any atom is -0.494 e. The molecule has 0 unspecified atom stereocenters. The molecule has 3 amide bonds. The Hall–Kier alpha value is -4.87. The first-order chi connectivity index (χ1) is 24.6. The molecule has 2 aromatic carbocycles. The Labute approximate surface area is 307 Å². The lowest BCUT2D eigenvalue weighted by Gasteiger charge is -2.36. The van der Waals surface area contributed by atoms with Crippen molar-refractivity contribution in [3.63, 3.8) is 0 Å². The number of aromatic nitrogens is 1. The van der Waals surface area contributed by atoms with Crippen LogP contribution >= 0.6 is 11.6 Å². The average Bonchev–Trinajstić information content (AvgIpc) is 4.03. The average molecular weight is 749 g/mol. The number of methoxy groups -OCH3 is 1. The van der Waals surface area contributed by atoms with Crippen LogP contribution in [-0.2, 0) is 24.4 Å². The molecule has 52 heavy (non-hydrogen) atoms. The van der Waals surface area contributed by atoms with Gasteiger partial charge < -0.3 is 25.0 Å². The monoisotopic (exact) mass is 748 g/mol. The van der Waals surface area contributed by atoms with Crippen LogP contribution in [0.2, 0.25) is 5.02 Å². The lowest BCUT2D eigenvalue weighted by molar-refractivity contribution is -0.141. The first-order valence-corrected chi connectivity index (χ1v) is 18.9. The Balaban J connectivity index is 1.32. The van der Waals surface area contributed by atoms with E-state index in [0.29, 0.717) is 45.6 Å². The van der Waals surface area contributed by atoms with Gasteiger partial charge in [-0.2, -0.15) is 5.26 Å². The highest BCUT2D eigenvalue weighted by atomic mass is 35.5. The van der Waals surface area contributed by atoms with E-state index in [2.05, 4.69) is 33.0 Å². The number of hydrogen-bond acceptors (Lipinski definition) is 10. The van der Waals surface area contributed by atoms with Crippen molar-refractivity contribution in [1.29, 1.82) is 5.26 Å². The Morgan fingerprint density at radius 2 is 1.92 bits per heavy atom. The van der Waals surface area contributed by atoms with E-state index in [0.717, 1.165) is 0 Å². The highest BCUT2D eigenvalue weighted by molar-refractivity contribution is 7.91. The van der Waals surface area contributed by atoms with Gasteiger partial charge in [0.05, 0.1) is 36.7 Å². The van der Waals surface area contributed by atoms with Crippen molar-refractivity contribution in [2.45, 2.75) is 75.4 Å². The number of amides is 3. The number of benzene rings is 2. The van der Waals surface area contributed by atoms with Gasteiger partial charge in [0.2, 0.25) is 27.7 Å². The minimum absolute atomic E-state index is 0.0146. The van der Waals surface area contributed by atoms with Crippen LogP contribution in [0.1, 0.15) is 52.0 Å². The molecule has 6 rings (SSSR count). The molecule has 1 saturated heterocycles. The number of nitrogens with zero attached hydrogens (tertiary/aromatic N) is 3. The molecule has 2 saturated carbocycles. The third-order valence-electron chi connectivity index (χ3n) is 9.79. The van der Waals surface area contributed by atoms with Crippen LogP contribution in [0.15, 0.2) is 61.3 Å². The topological polar surface area (TPSA) is 180 Å². The molecule has 3 aliphatic rings. The van der Waals surface area contributed by atoms with Crippen molar-refractivity contribution in [3.8, 4) is 17.7 Å². The second-order valence-electron chi connectivity index (χ2n) is 14.6. The quantitative estimate of drug-likeness (QED) is 0.226. The Morgan fingerprint density at radius 1 is 1.17 bits per heavy atom. The summed E-state index contributed by atoms with van der Waals surface area (Å²) in [5.41, 5.74) is -1.26. The largest absolute Gasteiger partial charge is 0.494 e. The highest BCUT2D eigenvalue weighted by Crippen LogP contribution is 2.46. The standard InChI is InChI=1S/C37H41ClN6O7S/c1-6-22-17-37(22,35(47)43-52(48,49)26-11-12-26)42-32(45)29-16-25(51-33-28-15-23(38)10-13-27(28)30(50-5)19-40-33)20-44(29)34(46)31(36(2,3)4)41-24-9-7-8-21(14-24)18-39/h6-10,13-15,19,22,25-26,29,31,41H,1,11-12,16-17,20H2,2-5H3,(H,42,45)(H,43,47)/t22-,25-,29+,31-,37-/m1/s1. The first-order valence-electron chi connectivity index (χ1n) is 17.0. The molecule has 13 nitrogen and oxygen atoms in total. The zero-order chi connectivity index (χ0) is 37.6. The number of carbonyl (C=O) groups excluding carboxylic acids is 3. The van der Waals surface area contributed by atoms with Crippen LogP contribution < -0.4 is 24.8 Å². The summed E-state index contributed by atoms with van der Waals surface area (Å²) in [4.78, 5) is 48.3. The molecule has 3 aromatic rings. The van der Waals surface area contributed by atoms with Gasteiger partial charge in [-0.1, -0.05) is 44.5 Å². The number of sulfonamides is 1. The predicted octanol–water partition coefficient (Wildman–Crippen LogP) is 4.31. The summed E-state index contributed by atoms with van der Waals surface area (Å²) >= 11 is 6.34. The Bertz CT molecular complexity index is 2090. The van der Waals surface area contributed by atoms with Gasteiger partial charge in [0, 0.05) is 33.8 Å². The van der Waals surface area contributed by atoms with Crippen LogP contribution in [0.4, 0.5) is 5.69 Å². The lowest BCUT2D eigenvalue weighted by Crippen LogP contribution is -2.58. The van der Waals surface area contributed by atoms with E-state index in [-0.39, 0.29) is 25.3 Å². The smallest absolute Gasteiger partial charge is 0.259 e. The van der Waals surface area contributed by atoms with Crippen molar-refractivity contribution in [2.75, 3.05) is 19.0 Å². The predicted molar refractivity (Wildman–Crippen MR) is 195 cm³/mol. The van der Waals surface area contributed by atoms with Crippen LogP contribution in [0.3, 0.4) is 0 Å². The second kappa shape index (κ2) is 13.9. The summed E-state index contributed by atoms with van der Waals surface area (Å²) in [7, 11) is -2.37. The molecule has 3 fully saturated rings. The number of fused-ring (bicyclic) bond motifs is 1. The van der Waals surface area contributed by atoms with Gasteiger partial charge >= 0.3 is 0 Å². The van der Waals surface area contributed by atoms with Gasteiger partial charge in [0.1, 0.15) is 29.5 Å². The van der Waals surface area contributed by atoms with Gasteiger partial charge in [0.15, 0.2) is 0 Å². The number of nitrogens with one attached hydrogen (secondary N) is 3. The fraction of sp³-hybridized carbons (Fsp3) is 0.432. The van der Waals surface area contributed by atoms with E-state index in [1.165, 1.54) is 24.3 Å². The van der Waals surface area contributed by atoms with E-state index >= 15 is 0 Å². The van der Waals surface area contributed by atoms with Crippen molar-refractivity contribution in [1.82, 2.24) is 19.9 Å². The SMILES string of the molecule is C=C[C@@H]1C[C@]1(NC(=O)[C@@H]1C[C@@H](Oc2ncc(OC)c3ccc(Cl)cc23)CN1C(=O)[C@@H](Nc1cccc(C#N)c1)C(C)(C)C)C(=O)NS(=O)(=O)C1CC1. The van der Waals surface area contributed by atoms with Crippen LogP contribution in [-0.4, -0.2) is 78.7 Å². The fourth-order valence-electron chi connectivity index (χ4n) is 6.63. The molecule has 0 spiro atoms.